The molecular formula is C17H25N3O. The number of rotatable bonds is 6. The lowest BCUT2D eigenvalue weighted by molar-refractivity contribution is 0.271. The first-order valence-electron chi connectivity index (χ1n) is 7.45. The van der Waals surface area contributed by atoms with Gasteiger partial charge in [-0.1, -0.05) is 26.0 Å². The third-order valence-electron chi connectivity index (χ3n) is 3.35. The number of aromatic nitrogens is 2. The van der Waals surface area contributed by atoms with E-state index in [0.29, 0.717) is 5.92 Å². The molecule has 1 N–H and O–H groups in total. The molecule has 1 atom stereocenters. The van der Waals surface area contributed by atoms with Gasteiger partial charge in [-0.2, -0.15) is 5.10 Å². The van der Waals surface area contributed by atoms with E-state index in [9.17, 15) is 0 Å². The van der Waals surface area contributed by atoms with Crippen molar-refractivity contribution in [1.29, 1.82) is 0 Å². The average molecular weight is 287 g/mol. The second-order valence-electron chi connectivity index (χ2n) is 5.94. The Bertz CT molecular complexity index is 572. The number of aryl methyl sites for hydroxylation is 2. The number of ether oxygens (including phenoxy) is 1. The molecule has 0 aliphatic rings. The molecule has 114 valence electrons. The Kier molecular flexibility index (Phi) is 4.89. The third-order valence-corrected chi connectivity index (χ3v) is 3.35. The van der Waals surface area contributed by atoms with E-state index < -0.39 is 0 Å². The van der Waals surface area contributed by atoms with E-state index in [1.54, 1.807) is 0 Å². The van der Waals surface area contributed by atoms with Crippen LogP contribution < -0.4 is 10.1 Å². The molecule has 0 spiro atoms. The van der Waals surface area contributed by atoms with Crippen LogP contribution in [0.25, 0.3) is 0 Å². The molecule has 0 saturated carbocycles. The number of hydrogen-bond donors (Lipinski definition) is 1. The van der Waals surface area contributed by atoms with Crippen LogP contribution >= 0.6 is 0 Å². The van der Waals surface area contributed by atoms with Crippen molar-refractivity contribution in [2.75, 3.05) is 11.9 Å². The summed E-state index contributed by atoms with van der Waals surface area (Å²) in [6, 6.07) is 8.52. The van der Waals surface area contributed by atoms with Crippen LogP contribution in [0.15, 0.2) is 30.5 Å². The minimum Gasteiger partial charge on any atom is -0.493 e. The summed E-state index contributed by atoms with van der Waals surface area (Å²) in [5.74, 6) is 1.47. The van der Waals surface area contributed by atoms with Crippen LogP contribution in [0.1, 0.15) is 38.1 Å². The van der Waals surface area contributed by atoms with Crippen LogP contribution in [-0.2, 0) is 7.05 Å². The lowest BCUT2D eigenvalue weighted by atomic mass is 10.1. The summed E-state index contributed by atoms with van der Waals surface area (Å²) in [7, 11) is 1.93. The maximum atomic E-state index is 5.71. The molecule has 21 heavy (non-hydrogen) atoms. The highest BCUT2D eigenvalue weighted by atomic mass is 16.5. The van der Waals surface area contributed by atoms with Gasteiger partial charge in [0.05, 0.1) is 18.0 Å². The molecule has 0 radical (unpaired) electrons. The van der Waals surface area contributed by atoms with Crippen molar-refractivity contribution in [2.24, 2.45) is 13.0 Å². The van der Waals surface area contributed by atoms with Gasteiger partial charge >= 0.3 is 0 Å². The van der Waals surface area contributed by atoms with Gasteiger partial charge < -0.3 is 10.1 Å². The normalized spacial score (nSPS) is 12.5. The molecule has 2 rings (SSSR count). The van der Waals surface area contributed by atoms with Crippen molar-refractivity contribution >= 4 is 5.69 Å². The largest absolute Gasteiger partial charge is 0.493 e. The van der Waals surface area contributed by atoms with Gasteiger partial charge in [0.2, 0.25) is 0 Å². The predicted octanol–water partition coefficient (Wildman–Crippen LogP) is 3.94. The minimum absolute atomic E-state index is 0.229. The third kappa shape index (κ3) is 4.25. The van der Waals surface area contributed by atoms with Crippen molar-refractivity contribution in [3.05, 3.63) is 41.7 Å². The number of nitrogens with zero attached hydrogens (tertiary/aromatic N) is 2. The molecule has 0 saturated heterocycles. The van der Waals surface area contributed by atoms with Gasteiger partial charge in [-0.3, -0.25) is 4.68 Å². The van der Waals surface area contributed by atoms with Crippen LogP contribution in [0.3, 0.4) is 0 Å². The van der Waals surface area contributed by atoms with Gasteiger partial charge in [0, 0.05) is 19.3 Å². The Morgan fingerprint density at radius 2 is 1.86 bits per heavy atom. The van der Waals surface area contributed by atoms with Crippen LogP contribution in [0.4, 0.5) is 5.69 Å². The number of nitrogens with one attached hydrogen (secondary N) is 1. The summed E-state index contributed by atoms with van der Waals surface area (Å²) in [6.07, 6.45) is 2.01. The minimum atomic E-state index is 0.229. The molecule has 0 bridgehead atoms. The number of anilines is 1. The zero-order valence-corrected chi connectivity index (χ0v) is 13.6. The zero-order chi connectivity index (χ0) is 15.4. The molecule has 0 fully saturated rings. The van der Waals surface area contributed by atoms with Crippen LogP contribution in [0, 0.1) is 12.8 Å². The van der Waals surface area contributed by atoms with E-state index in [2.05, 4.69) is 43.3 Å². The topological polar surface area (TPSA) is 39.1 Å². The Hall–Kier alpha value is -1.97. The SMILES string of the molecule is Cc1nn(C)cc1NC(C)c1ccc(OCC(C)C)cc1. The molecule has 1 unspecified atom stereocenters. The Balaban J connectivity index is 1.99. The van der Waals surface area contributed by atoms with Gasteiger partial charge in [0.1, 0.15) is 5.75 Å². The Morgan fingerprint density at radius 3 is 2.38 bits per heavy atom. The van der Waals surface area contributed by atoms with Crippen molar-refractivity contribution < 1.29 is 4.74 Å². The lowest BCUT2D eigenvalue weighted by Gasteiger charge is -2.16. The van der Waals surface area contributed by atoms with E-state index in [1.165, 1.54) is 5.56 Å². The highest BCUT2D eigenvalue weighted by Gasteiger charge is 2.09. The highest BCUT2D eigenvalue weighted by molar-refractivity contribution is 5.47. The molecule has 0 amide bonds. The van der Waals surface area contributed by atoms with E-state index in [4.69, 9.17) is 4.74 Å². The first-order valence-corrected chi connectivity index (χ1v) is 7.45. The monoisotopic (exact) mass is 287 g/mol. The molecular weight excluding hydrogens is 262 g/mol. The molecule has 1 heterocycles. The number of benzene rings is 1. The summed E-state index contributed by atoms with van der Waals surface area (Å²) in [6.45, 7) is 9.21. The fraction of sp³-hybridized carbons (Fsp3) is 0.471. The Morgan fingerprint density at radius 1 is 1.19 bits per heavy atom. The molecule has 0 aliphatic carbocycles. The van der Waals surface area contributed by atoms with Gasteiger partial charge in [0.25, 0.3) is 0 Å². The first kappa shape index (κ1) is 15.4. The van der Waals surface area contributed by atoms with E-state index in [0.717, 1.165) is 23.7 Å². The second-order valence-corrected chi connectivity index (χ2v) is 5.94. The molecule has 1 aromatic heterocycles. The van der Waals surface area contributed by atoms with Crippen molar-refractivity contribution in [2.45, 2.75) is 33.7 Å². The van der Waals surface area contributed by atoms with Gasteiger partial charge in [-0.05, 0) is 37.5 Å². The predicted molar refractivity (Wildman–Crippen MR) is 86.8 cm³/mol. The molecule has 2 aromatic rings. The lowest BCUT2D eigenvalue weighted by Crippen LogP contribution is -2.07. The van der Waals surface area contributed by atoms with Gasteiger partial charge in [0.15, 0.2) is 0 Å². The van der Waals surface area contributed by atoms with Gasteiger partial charge in [-0.25, -0.2) is 0 Å². The van der Waals surface area contributed by atoms with Crippen LogP contribution in [-0.4, -0.2) is 16.4 Å². The zero-order valence-electron chi connectivity index (χ0n) is 13.6. The van der Waals surface area contributed by atoms with Crippen LogP contribution in [0.2, 0.25) is 0 Å². The second kappa shape index (κ2) is 6.66. The standard InChI is InChI=1S/C17H25N3O/c1-12(2)11-21-16-8-6-15(7-9-16)13(3)18-17-10-20(5)19-14(17)4/h6-10,12-13,18H,11H2,1-5H3. The maximum Gasteiger partial charge on any atom is 0.119 e. The summed E-state index contributed by atoms with van der Waals surface area (Å²) >= 11 is 0. The van der Waals surface area contributed by atoms with Crippen molar-refractivity contribution in [1.82, 2.24) is 9.78 Å². The maximum absolute atomic E-state index is 5.71. The molecule has 0 aliphatic heterocycles. The van der Waals surface area contributed by atoms with E-state index in [1.807, 2.05) is 37.0 Å². The smallest absolute Gasteiger partial charge is 0.119 e. The summed E-state index contributed by atoms with van der Waals surface area (Å²) < 4.78 is 7.54. The fourth-order valence-corrected chi connectivity index (χ4v) is 2.17. The first-order chi connectivity index (χ1) is 9.95. The molecule has 4 heteroatoms. The number of hydrogen-bond acceptors (Lipinski definition) is 3. The highest BCUT2D eigenvalue weighted by Crippen LogP contribution is 2.23. The summed E-state index contributed by atoms with van der Waals surface area (Å²) in [5.41, 5.74) is 3.32. The molecule has 1 aromatic carbocycles. The van der Waals surface area contributed by atoms with Crippen LogP contribution in [0.5, 0.6) is 5.75 Å². The van der Waals surface area contributed by atoms with Crippen molar-refractivity contribution in [3.8, 4) is 5.75 Å². The Labute approximate surface area is 127 Å². The van der Waals surface area contributed by atoms with E-state index >= 15 is 0 Å². The van der Waals surface area contributed by atoms with Gasteiger partial charge in [-0.15, -0.1) is 0 Å². The molecule has 4 nitrogen and oxygen atoms in total. The van der Waals surface area contributed by atoms with Crippen molar-refractivity contribution in [3.63, 3.8) is 0 Å². The fourth-order valence-electron chi connectivity index (χ4n) is 2.17. The quantitative estimate of drug-likeness (QED) is 0.874. The summed E-state index contributed by atoms with van der Waals surface area (Å²) in [4.78, 5) is 0. The van der Waals surface area contributed by atoms with E-state index in [-0.39, 0.29) is 6.04 Å². The summed E-state index contributed by atoms with van der Waals surface area (Å²) in [5, 5.41) is 7.84. The average Bonchev–Trinajstić information content (AvgIpc) is 2.75.